The van der Waals surface area contributed by atoms with Crippen LogP contribution in [0.1, 0.15) is 30.1 Å². The van der Waals surface area contributed by atoms with Crippen LogP contribution in [0, 0.1) is 0 Å². The SMILES string of the molecule is CCCCN(C)C(=O)c1cc(-c2cc(OC)c(OC)c(OC)c2)nc2ccccc12. The first-order chi connectivity index (χ1) is 14.5. The minimum atomic E-state index is -0.0178. The lowest BCUT2D eigenvalue weighted by Crippen LogP contribution is -2.28. The van der Waals surface area contributed by atoms with Crippen LogP contribution in [-0.4, -0.2) is 50.7 Å². The maximum atomic E-state index is 13.2. The van der Waals surface area contributed by atoms with E-state index in [-0.39, 0.29) is 5.91 Å². The second-order valence-electron chi connectivity index (χ2n) is 7.07. The van der Waals surface area contributed by atoms with Gasteiger partial charge in [-0.3, -0.25) is 4.79 Å². The molecule has 3 rings (SSSR count). The Labute approximate surface area is 177 Å². The first-order valence-corrected chi connectivity index (χ1v) is 9.99. The minimum absolute atomic E-state index is 0.0178. The van der Waals surface area contributed by atoms with Gasteiger partial charge in [0.1, 0.15) is 0 Å². The molecule has 0 radical (unpaired) electrons. The highest BCUT2D eigenvalue weighted by Gasteiger charge is 2.19. The van der Waals surface area contributed by atoms with Crippen LogP contribution in [0.5, 0.6) is 17.2 Å². The van der Waals surface area contributed by atoms with Crippen molar-refractivity contribution in [2.45, 2.75) is 19.8 Å². The molecule has 1 amide bonds. The minimum Gasteiger partial charge on any atom is -0.493 e. The summed E-state index contributed by atoms with van der Waals surface area (Å²) in [6, 6.07) is 13.2. The number of ether oxygens (including phenoxy) is 3. The van der Waals surface area contributed by atoms with Gasteiger partial charge in [0.15, 0.2) is 11.5 Å². The molecule has 0 N–H and O–H groups in total. The van der Waals surface area contributed by atoms with Gasteiger partial charge in [0.05, 0.1) is 38.1 Å². The smallest absolute Gasteiger partial charge is 0.254 e. The number of aromatic nitrogens is 1. The molecule has 0 bridgehead atoms. The molecule has 6 heteroatoms. The molecular weight excluding hydrogens is 380 g/mol. The molecule has 0 saturated heterocycles. The number of hydrogen-bond donors (Lipinski definition) is 0. The van der Waals surface area contributed by atoms with E-state index in [0.29, 0.717) is 35.1 Å². The Morgan fingerprint density at radius 3 is 2.27 bits per heavy atom. The second-order valence-corrected chi connectivity index (χ2v) is 7.07. The average Bonchev–Trinajstić information content (AvgIpc) is 2.80. The maximum absolute atomic E-state index is 13.2. The predicted molar refractivity (Wildman–Crippen MR) is 119 cm³/mol. The second kappa shape index (κ2) is 9.48. The summed E-state index contributed by atoms with van der Waals surface area (Å²) in [5.74, 6) is 1.57. The van der Waals surface area contributed by atoms with E-state index in [9.17, 15) is 4.79 Å². The number of methoxy groups -OCH3 is 3. The van der Waals surface area contributed by atoms with Crippen LogP contribution in [-0.2, 0) is 0 Å². The molecule has 3 aromatic rings. The summed E-state index contributed by atoms with van der Waals surface area (Å²) in [6.45, 7) is 2.83. The number of carbonyl (C=O) groups is 1. The van der Waals surface area contributed by atoms with Gasteiger partial charge < -0.3 is 19.1 Å². The summed E-state index contributed by atoms with van der Waals surface area (Å²) in [7, 11) is 6.56. The van der Waals surface area contributed by atoms with Crippen LogP contribution in [0.3, 0.4) is 0 Å². The molecule has 0 aliphatic carbocycles. The van der Waals surface area contributed by atoms with E-state index in [0.717, 1.165) is 29.3 Å². The number of benzene rings is 2. The summed E-state index contributed by atoms with van der Waals surface area (Å²) in [6.07, 6.45) is 2.00. The van der Waals surface area contributed by atoms with Crippen molar-refractivity contribution in [2.24, 2.45) is 0 Å². The van der Waals surface area contributed by atoms with Crippen molar-refractivity contribution in [3.05, 3.63) is 48.0 Å². The number of fused-ring (bicyclic) bond motifs is 1. The summed E-state index contributed by atoms with van der Waals surface area (Å²) < 4.78 is 16.4. The zero-order chi connectivity index (χ0) is 21.7. The highest BCUT2D eigenvalue weighted by atomic mass is 16.5. The average molecular weight is 408 g/mol. The van der Waals surface area contributed by atoms with E-state index in [4.69, 9.17) is 19.2 Å². The maximum Gasteiger partial charge on any atom is 0.254 e. The normalized spacial score (nSPS) is 10.7. The van der Waals surface area contributed by atoms with Crippen molar-refractivity contribution in [3.63, 3.8) is 0 Å². The van der Waals surface area contributed by atoms with E-state index in [1.54, 1.807) is 26.2 Å². The monoisotopic (exact) mass is 408 g/mol. The fraction of sp³-hybridized carbons (Fsp3) is 0.333. The van der Waals surface area contributed by atoms with E-state index < -0.39 is 0 Å². The van der Waals surface area contributed by atoms with Crippen LogP contribution in [0.15, 0.2) is 42.5 Å². The van der Waals surface area contributed by atoms with Gasteiger partial charge in [-0.2, -0.15) is 0 Å². The molecule has 0 atom stereocenters. The third-order valence-corrected chi connectivity index (χ3v) is 5.10. The molecule has 0 fully saturated rings. The fourth-order valence-corrected chi connectivity index (χ4v) is 3.43. The van der Waals surface area contributed by atoms with E-state index in [1.807, 2.05) is 49.5 Å². The fourth-order valence-electron chi connectivity index (χ4n) is 3.43. The first kappa shape index (κ1) is 21.4. The summed E-state index contributed by atoms with van der Waals surface area (Å²) in [5, 5.41) is 0.835. The lowest BCUT2D eigenvalue weighted by molar-refractivity contribution is 0.0795. The Balaban J connectivity index is 2.17. The molecule has 0 spiro atoms. The number of unbranched alkanes of at least 4 members (excludes halogenated alkanes) is 1. The van der Waals surface area contributed by atoms with Gasteiger partial charge in [-0.05, 0) is 30.7 Å². The molecule has 158 valence electrons. The van der Waals surface area contributed by atoms with Gasteiger partial charge in [0, 0.05) is 24.5 Å². The summed E-state index contributed by atoms with van der Waals surface area (Å²) in [4.78, 5) is 19.8. The molecule has 2 aromatic carbocycles. The molecule has 0 unspecified atom stereocenters. The number of nitrogens with zero attached hydrogens (tertiary/aromatic N) is 2. The Bertz CT molecular complexity index is 1020. The lowest BCUT2D eigenvalue weighted by Gasteiger charge is -2.19. The Morgan fingerprint density at radius 2 is 1.67 bits per heavy atom. The summed E-state index contributed by atoms with van der Waals surface area (Å²) >= 11 is 0. The standard InChI is InChI=1S/C24H28N2O4/c1-6-7-12-26(2)24(27)18-15-20(25-19-11-9-8-10-17(18)19)16-13-21(28-3)23(30-5)22(14-16)29-4/h8-11,13-15H,6-7,12H2,1-5H3. The predicted octanol–water partition coefficient (Wildman–Crippen LogP) is 4.80. The zero-order valence-electron chi connectivity index (χ0n) is 18.2. The van der Waals surface area contributed by atoms with Crippen molar-refractivity contribution in [2.75, 3.05) is 34.9 Å². The molecular formula is C24H28N2O4. The van der Waals surface area contributed by atoms with Crippen LogP contribution in [0.25, 0.3) is 22.2 Å². The van der Waals surface area contributed by atoms with Crippen LogP contribution in [0.2, 0.25) is 0 Å². The Hall–Kier alpha value is -3.28. The van der Waals surface area contributed by atoms with Crippen LogP contribution >= 0.6 is 0 Å². The molecule has 0 saturated carbocycles. The van der Waals surface area contributed by atoms with Gasteiger partial charge in [0.25, 0.3) is 5.91 Å². The molecule has 6 nitrogen and oxygen atoms in total. The van der Waals surface area contributed by atoms with Gasteiger partial charge in [-0.1, -0.05) is 31.5 Å². The van der Waals surface area contributed by atoms with Crippen LogP contribution in [0.4, 0.5) is 0 Å². The number of amides is 1. The Morgan fingerprint density at radius 1 is 1.00 bits per heavy atom. The summed E-state index contributed by atoms with van der Waals surface area (Å²) in [5.41, 5.74) is 2.83. The zero-order valence-corrected chi connectivity index (χ0v) is 18.2. The first-order valence-electron chi connectivity index (χ1n) is 9.99. The van der Waals surface area contributed by atoms with Gasteiger partial charge in [-0.25, -0.2) is 4.98 Å². The van der Waals surface area contributed by atoms with E-state index in [2.05, 4.69) is 6.92 Å². The molecule has 1 aromatic heterocycles. The molecule has 0 aliphatic heterocycles. The van der Waals surface area contributed by atoms with Crippen LogP contribution < -0.4 is 14.2 Å². The number of hydrogen-bond acceptors (Lipinski definition) is 5. The van der Waals surface area contributed by atoms with Crippen molar-refractivity contribution < 1.29 is 19.0 Å². The van der Waals surface area contributed by atoms with Gasteiger partial charge >= 0.3 is 0 Å². The largest absolute Gasteiger partial charge is 0.493 e. The van der Waals surface area contributed by atoms with E-state index >= 15 is 0 Å². The quantitative estimate of drug-likeness (QED) is 0.536. The topological polar surface area (TPSA) is 60.9 Å². The highest BCUT2D eigenvalue weighted by molar-refractivity contribution is 6.07. The van der Waals surface area contributed by atoms with Crippen molar-refractivity contribution in [1.29, 1.82) is 0 Å². The number of pyridine rings is 1. The van der Waals surface area contributed by atoms with Gasteiger partial charge in [-0.15, -0.1) is 0 Å². The van der Waals surface area contributed by atoms with Crippen molar-refractivity contribution in [1.82, 2.24) is 9.88 Å². The lowest BCUT2D eigenvalue weighted by atomic mass is 10.0. The van der Waals surface area contributed by atoms with Gasteiger partial charge in [0.2, 0.25) is 5.75 Å². The third-order valence-electron chi connectivity index (χ3n) is 5.10. The molecule has 1 heterocycles. The number of para-hydroxylation sites is 1. The number of rotatable bonds is 8. The molecule has 30 heavy (non-hydrogen) atoms. The highest BCUT2D eigenvalue weighted by Crippen LogP contribution is 2.41. The van der Waals surface area contributed by atoms with E-state index in [1.165, 1.54) is 0 Å². The van der Waals surface area contributed by atoms with Crippen molar-refractivity contribution in [3.8, 4) is 28.5 Å². The number of carbonyl (C=O) groups excluding carboxylic acids is 1. The van der Waals surface area contributed by atoms with Crippen molar-refractivity contribution >= 4 is 16.8 Å². The molecule has 0 aliphatic rings. The third kappa shape index (κ3) is 4.17. The Kier molecular flexibility index (Phi) is 6.77.